The number of halogens is 1. The molecular formula is C27H32FN9O5. The Morgan fingerprint density at radius 1 is 1.17 bits per heavy atom. The number of ether oxygens (including phenoxy) is 1. The summed E-state index contributed by atoms with van der Waals surface area (Å²) >= 11 is 0. The third-order valence-electron chi connectivity index (χ3n) is 8.60. The first-order valence-corrected chi connectivity index (χ1v) is 13.5. The number of hydrogen-bond acceptors (Lipinski definition) is 8. The number of para-hydroxylation sites is 1. The molecule has 1 aromatic heterocycles. The van der Waals surface area contributed by atoms with Crippen molar-refractivity contribution in [3.63, 3.8) is 0 Å². The molecule has 9 N–H and O–H groups in total. The predicted molar refractivity (Wildman–Crippen MR) is 146 cm³/mol. The number of carbonyl (C=O) groups excluding carboxylic acids is 2. The van der Waals surface area contributed by atoms with Gasteiger partial charge in [0.1, 0.15) is 17.5 Å². The van der Waals surface area contributed by atoms with Gasteiger partial charge in [0, 0.05) is 18.7 Å². The first-order valence-electron chi connectivity index (χ1n) is 13.5. The minimum absolute atomic E-state index is 0.141. The van der Waals surface area contributed by atoms with Crippen LogP contribution in [0.5, 0.6) is 5.75 Å². The molecule has 1 aromatic carbocycles. The molecule has 222 valence electrons. The van der Waals surface area contributed by atoms with E-state index in [1.165, 1.54) is 17.0 Å². The van der Waals surface area contributed by atoms with Gasteiger partial charge in [-0.3, -0.25) is 20.4 Å². The summed E-state index contributed by atoms with van der Waals surface area (Å²) in [4.78, 5) is 31.1. The molecule has 14 nitrogen and oxygen atoms in total. The highest BCUT2D eigenvalue weighted by molar-refractivity contribution is 5.98. The first kappa shape index (κ1) is 27.7. The van der Waals surface area contributed by atoms with Crippen LogP contribution < -0.4 is 31.3 Å². The summed E-state index contributed by atoms with van der Waals surface area (Å²) in [6.45, 7) is 4.24. The standard InChI is InChI=1S/C27H32FN9O5/c1-25(2)9-10-42-19-13(5-3-6-14(19)25)21(38)34-17-12-37-24(30)33-16(11-31-22(39)15-7-4-8-18(28)32-15)20-26(37,27(17,40)41)36-23(29)35-20/h3-8,16-17,20,40-41H,9-12H2,1-2H3,(H2,30,33)(H,31,39)(H,34,38)(H3,29,35,36)/t16-,17?,20?,26?/m0/s1. The zero-order valence-corrected chi connectivity index (χ0v) is 22.9. The molecule has 4 atom stereocenters. The van der Waals surface area contributed by atoms with Gasteiger partial charge in [-0.1, -0.05) is 32.0 Å². The first-order chi connectivity index (χ1) is 19.8. The number of carbonyl (C=O) groups is 2. The average Bonchev–Trinajstić information content (AvgIpc) is 3.40. The lowest BCUT2D eigenvalue weighted by molar-refractivity contribution is -0.232. The fourth-order valence-corrected chi connectivity index (χ4v) is 6.36. The van der Waals surface area contributed by atoms with Crippen molar-refractivity contribution in [1.29, 1.82) is 10.8 Å². The van der Waals surface area contributed by atoms with Crippen molar-refractivity contribution >= 4 is 23.7 Å². The van der Waals surface area contributed by atoms with Crippen molar-refractivity contribution in [3.8, 4) is 5.75 Å². The molecule has 42 heavy (non-hydrogen) atoms. The van der Waals surface area contributed by atoms with E-state index in [1.807, 2.05) is 6.07 Å². The van der Waals surface area contributed by atoms with Crippen molar-refractivity contribution in [3.05, 3.63) is 59.2 Å². The number of amides is 2. The van der Waals surface area contributed by atoms with E-state index in [9.17, 15) is 24.2 Å². The normalized spacial score (nSPS) is 28.2. The number of fused-ring (bicyclic) bond motifs is 1. The number of pyridine rings is 1. The monoisotopic (exact) mass is 581 g/mol. The van der Waals surface area contributed by atoms with E-state index in [-0.39, 0.29) is 41.7 Å². The van der Waals surface area contributed by atoms with Crippen LogP contribution in [0.15, 0.2) is 36.4 Å². The number of aliphatic hydroxyl groups is 2. The smallest absolute Gasteiger partial charge is 0.270 e. The third-order valence-corrected chi connectivity index (χ3v) is 8.60. The second-order valence-electron chi connectivity index (χ2n) is 11.6. The van der Waals surface area contributed by atoms with Gasteiger partial charge in [-0.05, 0) is 30.0 Å². The van der Waals surface area contributed by atoms with Gasteiger partial charge in [0.15, 0.2) is 17.6 Å². The molecule has 0 bridgehead atoms. The van der Waals surface area contributed by atoms with Gasteiger partial charge in [-0.25, -0.2) is 4.98 Å². The highest BCUT2D eigenvalue weighted by Crippen LogP contribution is 2.44. The Labute approximate surface area is 240 Å². The Kier molecular flexibility index (Phi) is 6.27. The minimum atomic E-state index is -2.70. The highest BCUT2D eigenvalue weighted by atomic mass is 19.1. The zero-order valence-electron chi connectivity index (χ0n) is 22.9. The van der Waals surface area contributed by atoms with E-state index < -0.39 is 47.3 Å². The average molecular weight is 582 g/mol. The van der Waals surface area contributed by atoms with Gasteiger partial charge in [0.25, 0.3) is 11.8 Å². The Morgan fingerprint density at radius 2 is 1.93 bits per heavy atom. The Bertz CT molecular complexity index is 1500. The summed E-state index contributed by atoms with van der Waals surface area (Å²) in [7, 11) is 0. The van der Waals surface area contributed by atoms with Crippen molar-refractivity contribution in [2.75, 3.05) is 19.7 Å². The lowest BCUT2D eigenvalue weighted by Gasteiger charge is -2.51. The molecule has 15 heteroatoms. The number of nitrogens with one attached hydrogen (secondary N) is 7. The van der Waals surface area contributed by atoms with Crippen LogP contribution in [0, 0.1) is 16.8 Å². The summed E-state index contributed by atoms with van der Waals surface area (Å²) in [6, 6.07) is 5.97. The Balaban J connectivity index is 1.26. The van der Waals surface area contributed by atoms with Crippen LogP contribution >= 0.6 is 0 Å². The van der Waals surface area contributed by atoms with Crippen molar-refractivity contribution in [2.45, 2.75) is 55.3 Å². The number of nitrogens with zero attached hydrogens (tertiary/aromatic N) is 2. The molecule has 1 spiro atoms. The van der Waals surface area contributed by atoms with Gasteiger partial charge in [-0.15, -0.1) is 0 Å². The topological polar surface area (TPSA) is 208 Å². The fourth-order valence-electron chi connectivity index (χ4n) is 6.36. The highest BCUT2D eigenvalue weighted by Gasteiger charge is 2.74. The van der Waals surface area contributed by atoms with E-state index in [4.69, 9.17) is 15.6 Å². The second-order valence-corrected chi connectivity index (χ2v) is 11.6. The van der Waals surface area contributed by atoms with Crippen molar-refractivity contribution in [2.24, 2.45) is 0 Å². The van der Waals surface area contributed by atoms with Crippen LogP contribution in [0.1, 0.15) is 46.7 Å². The molecule has 4 aliphatic heterocycles. The molecule has 3 unspecified atom stereocenters. The summed E-state index contributed by atoms with van der Waals surface area (Å²) in [5, 5.41) is 54.2. The van der Waals surface area contributed by atoms with Gasteiger partial charge in [0.05, 0.1) is 24.3 Å². The molecule has 5 heterocycles. The molecule has 6 rings (SSSR count). The van der Waals surface area contributed by atoms with Crippen LogP contribution in [-0.4, -0.2) is 93.1 Å². The lowest BCUT2D eigenvalue weighted by Crippen LogP contribution is -2.81. The molecule has 0 saturated carbocycles. The maximum atomic E-state index is 13.6. The molecule has 3 fully saturated rings. The number of hydrogen-bond donors (Lipinski definition) is 9. The van der Waals surface area contributed by atoms with Gasteiger partial charge >= 0.3 is 0 Å². The number of guanidine groups is 2. The SMILES string of the molecule is CC1(C)CCOc2c(C(=O)NC3CN4C(=N)N[C@@H](CNC(=O)c5cccc(F)n5)C5NC(=N)NC54C3(O)O)cccc21. The largest absolute Gasteiger partial charge is 0.492 e. The number of benzene rings is 1. The van der Waals surface area contributed by atoms with Crippen molar-refractivity contribution < 1.29 is 28.9 Å². The van der Waals surface area contributed by atoms with Crippen LogP contribution in [0.2, 0.25) is 0 Å². The zero-order chi connectivity index (χ0) is 30.0. The molecule has 0 radical (unpaired) electrons. The number of rotatable bonds is 5. The van der Waals surface area contributed by atoms with Crippen molar-refractivity contribution in [1.82, 2.24) is 36.5 Å². The molecule has 0 aliphatic carbocycles. The summed E-state index contributed by atoms with van der Waals surface area (Å²) in [6.07, 6.45) is 0.781. The summed E-state index contributed by atoms with van der Waals surface area (Å²) in [5.41, 5.74) is -1.09. The van der Waals surface area contributed by atoms with Gasteiger partial charge in [0.2, 0.25) is 11.7 Å². The van der Waals surface area contributed by atoms with Gasteiger partial charge < -0.3 is 46.4 Å². The predicted octanol–water partition coefficient (Wildman–Crippen LogP) is -1.10. The molecular weight excluding hydrogens is 549 g/mol. The molecule has 3 saturated heterocycles. The third kappa shape index (κ3) is 4.10. The van der Waals surface area contributed by atoms with E-state index in [1.54, 1.807) is 12.1 Å². The summed E-state index contributed by atoms with van der Waals surface area (Å²) in [5.74, 6) is -4.78. The number of aromatic nitrogens is 1. The van der Waals surface area contributed by atoms with Gasteiger partial charge in [-0.2, -0.15) is 4.39 Å². The lowest BCUT2D eigenvalue weighted by atomic mass is 9.79. The maximum Gasteiger partial charge on any atom is 0.270 e. The fraction of sp³-hybridized carbons (Fsp3) is 0.444. The molecule has 2 aromatic rings. The quantitative estimate of drug-likeness (QED) is 0.154. The van der Waals surface area contributed by atoms with Crippen LogP contribution in [0.4, 0.5) is 4.39 Å². The summed E-state index contributed by atoms with van der Waals surface area (Å²) < 4.78 is 19.4. The van der Waals surface area contributed by atoms with E-state index >= 15 is 0 Å². The maximum absolute atomic E-state index is 13.6. The Morgan fingerprint density at radius 3 is 2.69 bits per heavy atom. The van der Waals surface area contributed by atoms with E-state index in [2.05, 4.69) is 45.4 Å². The van der Waals surface area contributed by atoms with Crippen LogP contribution in [0.25, 0.3) is 0 Å². The molecule has 4 aliphatic rings. The van der Waals surface area contributed by atoms with E-state index in [0.29, 0.717) is 12.4 Å². The minimum Gasteiger partial charge on any atom is -0.492 e. The Hall–Kier alpha value is -4.50. The van der Waals surface area contributed by atoms with E-state index in [0.717, 1.165) is 18.1 Å². The van der Waals surface area contributed by atoms with Crippen LogP contribution in [0.3, 0.4) is 0 Å². The molecule has 2 amide bonds. The second kappa shape index (κ2) is 9.52. The van der Waals surface area contributed by atoms with Crippen LogP contribution in [-0.2, 0) is 5.41 Å².